The minimum atomic E-state index is -4.20. The van der Waals surface area contributed by atoms with E-state index >= 15 is 0 Å². The van der Waals surface area contributed by atoms with Crippen LogP contribution in [0.25, 0.3) is 0 Å². The zero-order valence-corrected chi connectivity index (χ0v) is 28.0. The highest BCUT2D eigenvalue weighted by atomic mass is 79.9. The fourth-order valence-electron chi connectivity index (χ4n) is 4.82. The van der Waals surface area contributed by atoms with Crippen molar-refractivity contribution < 1.29 is 18.0 Å². The molecule has 0 aromatic heterocycles. The fraction of sp³-hybridized carbons (Fsp3) is 0.235. The third kappa shape index (κ3) is 8.28. The molecule has 0 aliphatic carbocycles. The minimum Gasteiger partial charge on any atom is -0.355 e. The van der Waals surface area contributed by atoms with Crippen molar-refractivity contribution in [3.63, 3.8) is 0 Å². The Morgan fingerprint density at radius 2 is 1.55 bits per heavy atom. The van der Waals surface area contributed by atoms with Gasteiger partial charge in [0.05, 0.1) is 10.6 Å². The van der Waals surface area contributed by atoms with Crippen LogP contribution in [0.4, 0.5) is 5.69 Å². The summed E-state index contributed by atoms with van der Waals surface area (Å²) in [4.78, 5) is 29.5. The number of hydrogen-bond acceptors (Lipinski definition) is 4. The molecule has 4 aromatic carbocycles. The predicted octanol–water partition coefficient (Wildman–Crippen LogP) is 6.69. The van der Waals surface area contributed by atoms with E-state index in [2.05, 4.69) is 21.2 Å². The van der Waals surface area contributed by atoms with Gasteiger partial charge in [-0.1, -0.05) is 76.1 Å². The summed E-state index contributed by atoms with van der Waals surface area (Å²) >= 11 is 9.55. The summed E-state index contributed by atoms with van der Waals surface area (Å²) < 4.78 is 30.2. The first-order valence-corrected chi connectivity index (χ1v) is 16.8. The van der Waals surface area contributed by atoms with Crippen molar-refractivity contribution in [2.45, 2.75) is 44.7 Å². The van der Waals surface area contributed by atoms with Crippen molar-refractivity contribution >= 4 is 55.1 Å². The van der Waals surface area contributed by atoms with E-state index in [0.717, 1.165) is 31.0 Å². The number of nitrogens with one attached hydrogen (secondary N) is 1. The summed E-state index contributed by atoms with van der Waals surface area (Å²) in [6.07, 6.45) is 0.250. The Kier molecular flexibility index (Phi) is 11.2. The molecule has 1 N–H and O–H groups in total. The number of halogens is 2. The second-order valence-corrected chi connectivity index (χ2v) is 13.7. The Morgan fingerprint density at radius 3 is 2.18 bits per heavy atom. The molecule has 0 aliphatic heterocycles. The number of benzene rings is 4. The van der Waals surface area contributed by atoms with Crippen LogP contribution in [0.2, 0.25) is 5.02 Å². The van der Waals surface area contributed by atoms with E-state index in [0.29, 0.717) is 17.3 Å². The Balaban J connectivity index is 1.81. The number of aryl methyl sites for hydroxylation is 2. The van der Waals surface area contributed by atoms with Gasteiger partial charge in [-0.25, -0.2) is 8.42 Å². The molecule has 4 rings (SSSR count). The highest BCUT2D eigenvalue weighted by molar-refractivity contribution is 9.10. The van der Waals surface area contributed by atoms with Crippen LogP contribution in [0.3, 0.4) is 0 Å². The van der Waals surface area contributed by atoms with Crippen molar-refractivity contribution in [2.24, 2.45) is 0 Å². The molecule has 4 aromatic rings. The average molecular weight is 697 g/mol. The molecular weight excluding hydrogens is 662 g/mol. The van der Waals surface area contributed by atoms with Gasteiger partial charge in [0, 0.05) is 29.0 Å². The van der Waals surface area contributed by atoms with Crippen LogP contribution in [0.1, 0.15) is 29.2 Å². The third-order valence-corrected chi connectivity index (χ3v) is 9.86. The van der Waals surface area contributed by atoms with E-state index in [1.807, 2.05) is 81.4 Å². The molecule has 0 spiro atoms. The first-order chi connectivity index (χ1) is 21.0. The summed E-state index contributed by atoms with van der Waals surface area (Å²) in [6, 6.07) is 27.1. The molecule has 0 saturated heterocycles. The summed E-state index contributed by atoms with van der Waals surface area (Å²) in [5.74, 6) is -0.842. The highest BCUT2D eigenvalue weighted by Gasteiger charge is 2.34. The van der Waals surface area contributed by atoms with Crippen molar-refractivity contribution in [3.8, 4) is 0 Å². The molecule has 0 heterocycles. The number of hydrogen-bond donors (Lipinski definition) is 1. The maximum absolute atomic E-state index is 14.4. The summed E-state index contributed by atoms with van der Waals surface area (Å²) in [5.41, 5.74) is 3.86. The lowest BCUT2D eigenvalue weighted by Crippen LogP contribution is -2.53. The standard InChI is InChI=1S/C34H35BrClN3O4S/c1-4-37-34(41)32(21-26-9-6-5-7-10-26)38(22-27-11-8-12-28(35)20-27)33(40)23-39(30-16-13-24(2)25(3)19-30)44(42,43)31-17-14-29(36)15-18-31/h5-20,32H,4,21-23H2,1-3H3,(H,37,41)/t32-/m1/s1. The quantitative estimate of drug-likeness (QED) is 0.179. The maximum Gasteiger partial charge on any atom is 0.264 e. The monoisotopic (exact) mass is 695 g/mol. The smallest absolute Gasteiger partial charge is 0.264 e. The number of nitrogens with zero attached hydrogens (tertiary/aromatic N) is 2. The molecule has 0 radical (unpaired) electrons. The van der Waals surface area contributed by atoms with Crippen LogP contribution in [0.15, 0.2) is 106 Å². The predicted molar refractivity (Wildman–Crippen MR) is 179 cm³/mol. The van der Waals surface area contributed by atoms with Gasteiger partial charge in [0.1, 0.15) is 12.6 Å². The molecule has 2 amide bonds. The van der Waals surface area contributed by atoms with E-state index in [9.17, 15) is 18.0 Å². The van der Waals surface area contributed by atoms with Crippen LogP contribution in [0, 0.1) is 13.8 Å². The molecule has 0 fully saturated rings. The van der Waals surface area contributed by atoms with Gasteiger partial charge in [-0.05, 0) is 91.6 Å². The maximum atomic E-state index is 14.4. The van der Waals surface area contributed by atoms with Crippen LogP contribution >= 0.6 is 27.5 Å². The van der Waals surface area contributed by atoms with Gasteiger partial charge in [0.15, 0.2) is 0 Å². The number of carbonyl (C=O) groups is 2. The second-order valence-electron chi connectivity index (χ2n) is 10.5. The molecule has 0 aliphatic rings. The molecule has 0 bridgehead atoms. The van der Waals surface area contributed by atoms with Crippen LogP contribution in [0.5, 0.6) is 0 Å². The summed E-state index contributed by atoms with van der Waals surface area (Å²) in [5, 5.41) is 3.26. The number of amides is 2. The van der Waals surface area contributed by atoms with Gasteiger partial charge in [0.25, 0.3) is 10.0 Å². The lowest BCUT2D eigenvalue weighted by molar-refractivity contribution is -0.140. The van der Waals surface area contributed by atoms with Crippen molar-refractivity contribution in [3.05, 3.63) is 129 Å². The van der Waals surface area contributed by atoms with Gasteiger partial charge in [-0.15, -0.1) is 0 Å². The Hall–Kier alpha value is -3.66. The van der Waals surface area contributed by atoms with E-state index in [-0.39, 0.29) is 23.8 Å². The Morgan fingerprint density at radius 1 is 0.864 bits per heavy atom. The van der Waals surface area contributed by atoms with E-state index in [4.69, 9.17) is 11.6 Å². The number of likely N-dealkylation sites (N-methyl/N-ethyl adjacent to an activating group) is 1. The van der Waals surface area contributed by atoms with Crippen molar-refractivity contribution in [1.29, 1.82) is 0 Å². The van der Waals surface area contributed by atoms with Crippen molar-refractivity contribution in [1.82, 2.24) is 10.2 Å². The summed E-state index contributed by atoms with van der Waals surface area (Å²) in [6.45, 7) is 5.59. The van der Waals surface area contributed by atoms with E-state index < -0.39 is 28.5 Å². The molecule has 7 nitrogen and oxygen atoms in total. The number of sulfonamides is 1. The van der Waals surface area contributed by atoms with Crippen LogP contribution < -0.4 is 9.62 Å². The average Bonchev–Trinajstić information content (AvgIpc) is 3.00. The SMILES string of the molecule is CCNC(=O)[C@@H](Cc1ccccc1)N(Cc1cccc(Br)c1)C(=O)CN(c1ccc(C)c(C)c1)S(=O)(=O)c1ccc(Cl)cc1. The molecular formula is C34H35BrClN3O4S. The molecule has 1 atom stereocenters. The second kappa shape index (κ2) is 14.9. The number of anilines is 1. The highest BCUT2D eigenvalue weighted by Crippen LogP contribution is 2.28. The first-order valence-electron chi connectivity index (χ1n) is 14.2. The van der Waals surface area contributed by atoms with E-state index in [1.54, 1.807) is 12.1 Å². The van der Waals surface area contributed by atoms with Crippen molar-refractivity contribution in [2.75, 3.05) is 17.4 Å². The van der Waals surface area contributed by atoms with Gasteiger partial charge in [-0.3, -0.25) is 13.9 Å². The molecule has 0 saturated carbocycles. The normalized spacial score (nSPS) is 11.9. The van der Waals surface area contributed by atoms with Gasteiger partial charge in [-0.2, -0.15) is 0 Å². The topological polar surface area (TPSA) is 86.8 Å². The zero-order chi connectivity index (χ0) is 31.9. The Bertz CT molecular complexity index is 1720. The fourth-order valence-corrected chi connectivity index (χ4v) is 6.80. The van der Waals surface area contributed by atoms with Gasteiger partial charge in [0.2, 0.25) is 11.8 Å². The van der Waals surface area contributed by atoms with Gasteiger partial charge < -0.3 is 10.2 Å². The van der Waals surface area contributed by atoms with Gasteiger partial charge >= 0.3 is 0 Å². The largest absolute Gasteiger partial charge is 0.355 e. The molecule has 230 valence electrons. The molecule has 44 heavy (non-hydrogen) atoms. The lowest BCUT2D eigenvalue weighted by Gasteiger charge is -2.34. The first kappa shape index (κ1) is 33.2. The number of rotatable bonds is 12. The molecule has 0 unspecified atom stereocenters. The Labute approximate surface area is 273 Å². The van der Waals surface area contributed by atoms with E-state index in [1.165, 1.54) is 29.2 Å². The number of carbonyl (C=O) groups excluding carboxylic acids is 2. The van der Waals surface area contributed by atoms with Crippen LogP contribution in [-0.2, 0) is 32.6 Å². The zero-order valence-electron chi connectivity index (χ0n) is 24.8. The lowest BCUT2D eigenvalue weighted by atomic mass is 10.0. The summed E-state index contributed by atoms with van der Waals surface area (Å²) in [7, 11) is -4.20. The third-order valence-electron chi connectivity index (χ3n) is 7.32. The van der Waals surface area contributed by atoms with Crippen LogP contribution in [-0.4, -0.2) is 44.3 Å². The minimum absolute atomic E-state index is 0.00368. The molecule has 10 heteroatoms.